The lowest BCUT2D eigenvalue weighted by atomic mass is 9.99. The molecule has 0 unspecified atom stereocenters. The zero-order chi connectivity index (χ0) is 13.8. The monoisotopic (exact) mass is 284 g/mol. The van der Waals surface area contributed by atoms with Crippen LogP contribution in [0.25, 0.3) is 0 Å². The highest BCUT2D eigenvalue weighted by molar-refractivity contribution is 7.80. The first kappa shape index (κ1) is 16.7. The van der Waals surface area contributed by atoms with Gasteiger partial charge in [-0.05, 0) is 24.6 Å². The summed E-state index contributed by atoms with van der Waals surface area (Å²) in [4.78, 5) is 0. The molecule has 1 fully saturated rings. The van der Waals surface area contributed by atoms with Gasteiger partial charge in [0.05, 0.1) is 0 Å². The average molecular weight is 285 g/mol. The first-order chi connectivity index (χ1) is 9.33. The van der Waals surface area contributed by atoms with Gasteiger partial charge in [-0.25, -0.2) is 0 Å². The summed E-state index contributed by atoms with van der Waals surface area (Å²) in [6, 6.07) is 0. The summed E-state index contributed by atoms with van der Waals surface area (Å²) in [5.74, 6) is 0.778. The molecule has 2 nitrogen and oxygen atoms in total. The maximum atomic E-state index is 5.06. The second-order valence-electron chi connectivity index (χ2n) is 5.93. The lowest BCUT2D eigenvalue weighted by Gasteiger charge is -2.25. The highest BCUT2D eigenvalue weighted by atomic mass is 32.1. The maximum Gasteiger partial charge on any atom is 0.166 e. The number of hydrogen-bond acceptors (Lipinski definition) is 1. The van der Waals surface area contributed by atoms with Crippen LogP contribution in [0, 0.1) is 5.92 Å². The number of hydrogen-bond donors (Lipinski definition) is 2. The van der Waals surface area contributed by atoms with Crippen LogP contribution in [0.4, 0.5) is 0 Å². The molecule has 112 valence electrons. The van der Waals surface area contributed by atoms with Crippen LogP contribution >= 0.6 is 12.2 Å². The molecule has 0 radical (unpaired) electrons. The summed E-state index contributed by atoms with van der Waals surface area (Å²) in [5, 5.41) is 7.31. The van der Waals surface area contributed by atoms with Gasteiger partial charge in [0.25, 0.3) is 0 Å². The van der Waals surface area contributed by atoms with Gasteiger partial charge < -0.3 is 10.6 Å². The second-order valence-corrected chi connectivity index (χ2v) is 6.34. The molecule has 1 rings (SSSR count). The van der Waals surface area contributed by atoms with Crippen molar-refractivity contribution in [1.82, 2.24) is 10.6 Å². The Morgan fingerprint density at radius 3 is 1.84 bits per heavy atom. The first-order valence-corrected chi connectivity index (χ1v) is 8.75. The third-order valence-electron chi connectivity index (χ3n) is 4.07. The van der Waals surface area contributed by atoms with Crippen LogP contribution in [0.3, 0.4) is 0 Å². The minimum Gasteiger partial charge on any atom is -0.362 e. The Labute approximate surface area is 125 Å². The van der Waals surface area contributed by atoms with Crippen molar-refractivity contribution in [3.05, 3.63) is 0 Å². The predicted molar refractivity (Wildman–Crippen MR) is 88.6 cm³/mol. The van der Waals surface area contributed by atoms with Gasteiger partial charge in [-0.2, -0.15) is 0 Å². The van der Waals surface area contributed by atoms with Crippen molar-refractivity contribution >= 4 is 17.3 Å². The van der Waals surface area contributed by atoms with Gasteiger partial charge in [-0.3, -0.25) is 0 Å². The molecule has 1 heterocycles. The Hall–Kier alpha value is -0.310. The molecular weight excluding hydrogens is 252 g/mol. The fourth-order valence-corrected chi connectivity index (χ4v) is 2.90. The molecule has 2 N–H and O–H groups in total. The minimum atomic E-state index is 0.778. The molecule has 3 heteroatoms. The Kier molecular flexibility index (Phi) is 10.1. The lowest BCUT2D eigenvalue weighted by Crippen LogP contribution is -2.47. The summed E-state index contributed by atoms with van der Waals surface area (Å²) < 4.78 is 0. The lowest BCUT2D eigenvalue weighted by molar-refractivity contribution is 0.418. The van der Waals surface area contributed by atoms with Crippen molar-refractivity contribution in [2.24, 2.45) is 5.92 Å². The van der Waals surface area contributed by atoms with E-state index in [1.165, 1.54) is 70.6 Å². The van der Waals surface area contributed by atoms with E-state index in [0.29, 0.717) is 0 Å². The largest absolute Gasteiger partial charge is 0.362 e. The van der Waals surface area contributed by atoms with Crippen molar-refractivity contribution < 1.29 is 0 Å². The van der Waals surface area contributed by atoms with Gasteiger partial charge in [-0.1, -0.05) is 71.1 Å². The molecule has 0 amide bonds. The van der Waals surface area contributed by atoms with Crippen LogP contribution in [0.1, 0.15) is 77.6 Å². The average Bonchev–Trinajstić information content (AvgIpc) is 2.43. The number of thiocarbonyl (C=S) groups is 1. The standard InChI is InChI=1S/C16H32N2S/c1-2-3-4-5-6-7-8-9-10-11-12-15-13-17-16(19)18-14-15/h15H,2-14H2,1H3,(H2,17,18,19). The van der Waals surface area contributed by atoms with Crippen LogP contribution < -0.4 is 10.6 Å². The van der Waals surface area contributed by atoms with E-state index in [0.717, 1.165) is 24.1 Å². The fourth-order valence-electron chi connectivity index (χ4n) is 2.73. The quantitative estimate of drug-likeness (QED) is 0.434. The zero-order valence-electron chi connectivity index (χ0n) is 12.7. The molecule has 0 aromatic carbocycles. The predicted octanol–water partition coefficient (Wildman–Crippen LogP) is 4.39. The third kappa shape index (κ3) is 9.26. The molecule has 0 saturated carbocycles. The van der Waals surface area contributed by atoms with Crippen molar-refractivity contribution in [2.45, 2.75) is 77.6 Å². The second kappa shape index (κ2) is 11.5. The Balaban J connectivity index is 1.77. The topological polar surface area (TPSA) is 24.1 Å². The fraction of sp³-hybridized carbons (Fsp3) is 0.938. The summed E-state index contributed by atoms with van der Waals surface area (Å²) in [5.41, 5.74) is 0. The van der Waals surface area contributed by atoms with Crippen molar-refractivity contribution in [3.8, 4) is 0 Å². The van der Waals surface area contributed by atoms with Crippen LogP contribution in [-0.2, 0) is 0 Å². The smallest absolute Gasteiger partial charge is 0.166 e. The van der Waals surface area contributed by atoms with E-state index in [1.807, 2.05) is 0 Å². The van der Waals surface area contributed by atoms with Gasteiger partial charge in [-0.15, -0.1) is 0 Å². The normalized spacial score (nSPS) is 16.2. The molecule has 0 aliphatic carbocycles. The van der Waals surface area contributed by atoms with Crippen LogP contribution in [0.15, 0.2) is 0 Å². The van der Waals surface area contributed by atoms with Crippen LogP contribution in [0.5, 0.6) is 0 Å². The molecule has 0 aromatic heterocycles. The molecular formula is C16H32N2S. The molecule has 0 aromatic rings. The van der Waals surface area contributed by atoms with E-state index in [2.05, 4.69) is 17.6 Å². The van der Waals surface area contributed by atoms with Gasteiger partial charge >= 0.3 is 0 Å². The summed E-state index contributed by atoms with van der Waals surface area (Å²) in [6.45, 7) is 4.43. The van der Waals surface area contributed by atoms with Gasteiger partial charge in [0.1, 0.15) is 0 Å². The van der Waals surface area contributed by atoms with E-state index < -0.39 is 0 Å². The molecule has 1 saturated heterocycles. The van der Waals surface area contributed by atoms with Gasteiger partial charge in [0, 0.05) is 13.1 Å². The summed E-state index contributed by atoms with van der Waals surface area (Å²) in [7, 11) is 0. The van der Waals surface area contributed by atoms with Crippen LogP contribution in [0.2, 0.25) is 0 Å². The number of unbranched alkanes of at least 4 members (excludes halogenated alkanes) is 9. The minimum absolute atomic E-state index is 0.778. The van der Waals surface area contributed by atoms with E-state index in [4.69, 9.17) is 12.2 Å². The number of rotatable bonds is 11. The molecule has 19 heavy (non-hydrogen) atoms. The molecule has 0 atom stereocenters. The zero-order valence-corrected chi connectivity index (χ0v) is 13.5. The molecule has 1 aliphatic rings. The molecule has 1 aliphatic heterocycles. The highest BCUT2D eigenvalue weighted by Gasteiger charge is 2.13. The van der Waals surface area contributed by atoms with Crippen molar-refractivity contribution in [2.75, 3.05) is 13.1 Å². The summed E-state index contributed by atoms with van der Waals surface area (Å²) >= 11 is 5.06. The van der Waals surface area contributed by atoms with Crippen molar-refractivity contribution in [3.63, 3.8) is 0 Å². The van der Waals surface area contributed by atoms with E-state index in [1.54, 1.807) is 0 Å². The highest BCUT2D eigenvalue weighted by Crippen LogP contribution is 2.14. The summed E-state index contributed by atoms with van der Waals surface area (Å²) in [6.07, 6.45) is 15.6. The van der Waals surface area contributed by atoms with Gasteiger partial charge in [0.2, 0.25) is 0 Å². The Bertz CT molecular complexity index is 221. The van der Waals surface area contributed by atoms with E-state index in [-0.39, 0.29) is 0 Å². The maximum absolute atomic E-state index is 5.06. The first-order valence-electron chi connectivity index (χ1n) is 8.34. The SMILES string of the molecule is CCCCCCCCCCCCC1CNC(=S)NC1. The van der Waals surface area contributed by atoms with Gasteiger partial charge in [0.15, 0.2) is 5.11 Å². The molecule has 0 spiro atoms. The Morgan fingerprint density at radius 1 is 0.842 bits per heavy atom. The third-order valence-corrected chi connectivity index (χ3v) is 4.36. The Morgan fingerprint density at radius 2 is 1.32 bits per heavy atom. The van der Waals surface area contributed by atoms with Crippen LogP contribution in [-0.4, -0.2) is 18.2 Å². The number of nitrogens with one attached hydrogen (secondary N) is 2. The van der Waals surface area contributed by atoms with Crippen molar-refractivity contribution in [1.29, 1.82) is 0 Å². The van der Waals surface area contributed by atoms with E-state index >= 15 is 0 Å². The molecule has 0 bridgehead atoms. The van der Waals surface area contributed by atoms with E-state index in [9.17, 15) is 0 Å².